The molecular formula is C9H13NO. The van der Waals surface area contributed by atoms with Gasteiger partial charge in [-0.05, 0) is 26.8 Å². The quantitative estimate of drug-likeness (QED) is 0.616. The molecule has 1 aromatic rings. The molecule has 0 bridgehead atoms. The van der Waals surface area contributed by atoms with Gasteiger partial charge in [-0.1, -0.05) is 5.57 Å². The Bertz CT molecular complexity index is 280. The van der Waals surface area contributed by atoms with Crippen LogP contribution in [0.25, 0.3) is 6.08 Å². The maximum Gasteiger partial charge on any atom is 0.191 e. The number of rotatable bonds is 1. The third-order valence-electron chi connectivity index (χ3n) is 1.36. The van der Waals surface area contributed by atoms with Crippen molar-refractivity contribution in [2.75, 3.05) is 0 Å². The molecule has 1 heterocycles. The van der Waals surface area contributed by atoms with Crippen LogP contribution in [0.1, 0.15) is 31.2 Å². The highest BCUT2D eigenvalue weighted by atomic mass is 16.4. The van der Waals surface area contributed by atoms with Gasteiger partial charge in [0.25, 0.3) is 0 Å². The van der Waals surface area contributed by atoms with Gasteiger partial charge in [0, 0.05) is 6.92 Å². The minimum Gasteiger partial charge on any atom is -0.446 e. The zero-order chi connectivity index (χ0) is 8.43. The number of aryl methyl sites for hydroxylation is 2. The van der Waals surface area contributed by atoms with Crippen molar-refractivity contribution in [3.05, 3.63) is 22.9 Å². The van der Waals surface area contributed by atoms with E-state index in [0.29, 0.717) is 0 Å². The van der Waals surface area contributed by atoms with Crippen LogP contribution < -0.4 is 0 Å². The van der Waals surface area contributed by atoms with Crippen LogP contribution in [0.3, 0.4) is 0 Å². The van der Waals surface area contributed by atoms with Crippen molar-refractivity contribution < 1.29 is 4.42 Å². The fourth-order valence-electron chi connectivity index (χ4n) is 0.952. The average molecular weight is 151 g/mol. The Balaban J connectivity index is 3.04. The van der Waals surface area contributed by atoms with Gasteiger partial charge in [-0.2, -0.15) is 0 Å². The molecule has 0 aliphatic carbocycles. The third-order valence-corrected chi connectivity index (χ3v) is 1.36. The first kappa shape index (κ1) is 8.05. The van der Waals surface area contributed by atoms with E-state index in [0.717, 1.165) is 17.3 Å². The summed E-state index contributed by atoms with van der Waals surface area (Å²) in [4.78, 5) is 4.21. The standard InChI is InChI=1S/C9H13NO/c1-6(2)5-9-7(3)11-8(4)10-9/h5H,1-4H3. The maximum atomic E-state index is 5.26. The first-order chi connectivity index (χ1) is 5.09. The number of aromatic nitrogens is 1. The lowest BCUT2D eigenvalue weighted by Crippen LogP contribution is -1.76. The van der Waals surface area contributed by atoms with Gasteiger partial charge in [0.15, 0.2) is 5.89 Å². The highest BCUT2D eigenvalue weighted by Gasteiger charge is 2.01. The van der Waals surface area contributed by atoms with Gasteiger partial charge in [0.2, 0.25) is 0 Å². The van der Waals surface area contributed by atoms with Crippen molar-refractivity contribution in [1.82, 2.24) is 4.98 Å². The Morgan fingerprint density at radius 3 is 2.36 bits per heavy atom. The smallest absolute Gasteiger partial charge is 0.191 e. The molecule has 0 aliphatic heterocycles. The Hall–Kier alpha value is -1.05. The lowest BCUT2D eigenvalue weighted by atomic mass is 10.2. The van der Waals surface area contributed by atoms with Crippen molar-refractivity contribution in [3.8, 4) is 0 Å². The van der Waals surface area contributed by atoms with E-state index in [-0.39, 0.29) is 0 Å². The van der Waals surface area contributed by atoms with Crippen molar-refractivity contribution >= 4 is 6.08 Å². The molecule has 0 saturated carbocycles. The topological polar surface area (TPSA) is 26.0 Å². The van der Waals surface area contributed by atoms with Crippen LogP contribution in [0, 0.1) is 13.8 Å². The van der Waals surface area contributed by atoms with Gasteiger partial charge in [-0.25, -0.2) is 4.98 Å². The number of oxazole rings is 1. The van der Waals surface area contributed by atoms with Crippen LogP contribution in [-0.2, 0) is 0 Å². The van der Waals surface area contributed by atoms with E-state index in [1.165, 1.54) is 5.57 Å². The zero-order valence-electron chi connectivity index (χ0n) is 7.43. The molecule has 2 heteroatoms. The summed E-state index contributed by atoms with van der Waals surface area (Å²) in [5.74, 6) is 1.62. The molecule has 0 unspecified atom stereocenters. The third kappa shape index (κ3) is 1.93. The molecule has 0 fully saturated rings. The summed E-state index contributed by atoms with van der Waals surface area (Å²) in [6.07, 6.45) is 2.02. The molecule has 0 amide bonds. The lowest BCUT2D eigenvalue weighted by Gasteiger charge is -1.87. The largest absolute Gasteiger partial charge is 0.446 e. The fraction of sp³-hybridized carbons (Fsp3) is 0.444. The molecule has 11 heavy (non-hydrogen) atoms. The van der Waals surface area contributed by atoms with Gasteiger partial charge in [-0.15, -0.1) is 0 Å². The Morgan fingerprint density at radius 2 is 2.00 bits per heavy atom. The monoisotopic (exact) mass is 151 g/mol. The molecule has 0 aliphatic rings. The minimum atomic E-state index is 0.731. The van der Waals surface area contributed by atoms with Gasteiger partial charge >= 0.3 is 0 Å². The predicted molar refractivity (Wildman–Crippen MR) is 45.3 cm³/mol. The minimum absolute atomic E-state index is 0.731. The molecule has 0 spiro atoms. The van der Waals surface area contributed by atoms with Gasteiger partial charge in [0.05, 0.1) is 0 Å². The van der Waals surface area contributed by atoms with Crippen LogP contribution in [0.2, 0.25) is 0 Å². The van der Waals surface area contributed by atoms with Crippen molar-refractivity contribution in [1.29, 1.82) is 0 Å². The predicted octanol–water partition coefficient (Wildman–Crippen LogP) is 2.71. The zero-order valence-corrected chi connectivity index (χ0v) is 7.43. The number of hydrogen-bond donors (Lipinski definition) is 0. The Kier molecular flexibility index (Phi) is 2.13. The second kappa shape index (κ2) is 2.91. The van der Waals surface area contributed by atoms with Gasteiger partial charge < -0.3 is 4.42 Å². The molecule has 60 valence electrons. The fourth-order valence-corrected chi connectivity index (χ4v) is 0.952. The van der Waals surface area contributed by atoms with Crippen LogP contribution in [0.4, 0.5) is 0 Å². The van der Waals surface area contributed by atoms with Crippen LogP contribution in [0.15, 0.2) is 9.99 Å². The van der Waals surface area contributed by atoms with Crippen LogP contribution >= 0.6 is 0 Å². The second-order valence-electron chi connectivity index (χ2n) is 2.90. The summed E-state index contributed by atoms with van der Waals surface area (Å²) in [5.41, 5.74) is 2.18. The van der Waals surface area contributed by atoms with Gasteiger partial charge in [0.1, 0.15) is 11.5 Å². The van der Waals surface area contributed by atoms with E-state index >= 15 is 0 Å². The summed E-state index contributed by atoms with van der Waals surface area (Å²) in [6, 6.07) is 0. The molecule has 1 aromatic heterocycles. The summed E-state index contributed by atoms with van der Waals surface area (Å²) < 4.78 is 5.26. The molecule has 2 nitrogen and oxygen atoms in total. The highest BCUT2D eigenvalue weighted by Crippen LogP contribution is 2.12. The summed E-state index contributed by atoms with van der Waals surface area (Å²) in [6.45, 7) is 7.87. The maximum absolute atomic E-state index is 5.26. The normalized spacial score (nSPS) is 9.82. The molecular weight excluding hydrogens is 138 g/mol. The summed E-state index contributed by atoms with van der Waals surface area (Å²) in [5, 5.41) is 0. The first-order valence-corrected chi connectivity index (χ1v) is 3.68. The highest BCUT2D eigenvalue weighted by molar-refractivity contribution is 5.49. The van der Waals surface area contributed by atoms with E-state index in [4.69, 9.17) is 4.42 Å². The molecule has 0 atom stereocenters. The molecule has 1 rings (SSSR count). The Morgan fingerprint density at radius 1 is 1.36 bits per heavy atom. The van der Waals surface area contributed by atoms with Crippen molar-refractivity contribution in [3.63, 3.8) is 0 Å². The number of allylic oxidation sites excluding steroid dienone is 1. The summed E-state index contributed by atoms with van der Waals surface area (Å²) >= 11 is 0. The second-order valence-corrected chi connectivity index (χ2v) is 2.90. The Labute approximate surface area is 66.9 Å². The lowest BCUT2D eigenvalue weighted by molar-refractivity contribution is 0.494. The van der Waals surface area contributed by atoms with E-state index in [1.54, 1.807) is 0 Å². The molecule has 0 saturated heterocycles. The van der Waals surface area contributed by atoms with Gasteiger partial charge in [-0.3, -0.25) is 0 Å². The number of hydrogen-bond acceptors (Lipinski definition) is 2. The first-order valence-electron chi connectivity index (χ1n) is 3.68. The molecule has 0 N–H and O–H groups in total. The van der Waals surface area contributed by atoms with E-state index in [1.807, 2.05) is 33.8 Å². The molecule has 0 radical (unpaired) electrons. The van der Waals surface area contributed by atoms with Crippen LogP contribution in [0.5, 0.6) is 0 Å². The van der Waals surface area contributed by atoms with E-state index < -0.39 is 0 Å². The number of nitrogens with zero attached hydrogens (tertiary/aromatic N) is 1. The van der Waals surface area contributed by atoms with Crippen molar-refractivity contribution in [2.24, 2.45) is 0 Å². The SMILES string of the molecule is CC(C)=Cc1nc(C)oc1C. The average Bonchev–Trinajstić information content (AvgIpc) is 2.09. The van der Waals surface area contributed by atoms with E-state index in [2.05, 4.69) is 4.98 Å². The summed E-state index contributed by atoms with van der Waals surface area (Å²) in [7, 11) is 0. The van der Waals surface area contributed by atoms with E-state index in [9.17, 15) is 0 Å². The van der Waals surface area contributed by atoms with Crippen molar-refractivity contribution in [2.45, 2.75) is 27.7 Å². The van der Waals surface area contributed by atoms with Crippen LogP contribution in [-0.4, -0.2) is 4.98 Å². The molecule has 0 aromatic carbocycles.